The summed E-state index contributed by atoms with van der Waals surface area (Å²) in [6, 6.07) is 9.81. The molecule has 4 heteroatoms. The van der Waals surface area contributed by atoms with Crippen molar-refractivity contribution in [2.45, 2.75) is 42.9 Å². The van der Waals surface area contributed by atoms with Crippen LogP contribution < -0.4 is 10.2 Å². The second-order valence-electron chi connectivity index (χ2n) is 6.79. The summed E-state index contributed by atoms with van der Waals surface area (Å²) in [7, 11) is 2.00. The van der Waals surface area contributed by atoms with Crippen LogP contribution in [0.25, 0.3) is 0 Å². The van der Waals surface area contributed by atoms with Crippen LogP contribution >= 0.6 is 11.8 Å². The van der Waals surface area contributed by atoms with Gasteiger partial charge in [-0.15, -0.1) is 11.8 Å². The van der Waals surface area contributed by atoms with Crippen LogP contribution in [0.15, 0.2) is 35.2 Å². The van der Waals surface area contributed by atoms with Crippen LogP contribution in [0.1, 0.15) is 29.5 Å². The van der Waals surface area contributed by atoms with Crippen LogP contribution in [0.2, 0.25) is 0 Å². The van der Waals surface area contributed by atoms with E-state index >= 15 is 0 Å². The van der Waals surface area contributed by atoms with Gasteiger partial charge in [0, 0.05) is 36.0 Å². The van der Waals surface area contributed by atoms with E-state index in [1.54, 1.807) is 12.1 Å². The molecule has 1 fully saturated rings. The molecule has 0 aromatic heterocycles. The molecule has 2 aliphatic rings. The summed E-state index contributed by atoms with van der Waals surface area (Å²) in [5, 5.41) is 4.16. The Morgan fingerprint density at radius 3 is 2.75 bits per heavy atom. The molecule has 1 aliphatic carbocycles. The van der Waals surface area contributed by atoms with Crippen LogP contribution in [0.3, 0.4) is 0 Å². The Balaban J connectivity index is 1.64. The summed E-state index contributed by atoms with van der Waals surface area (Å²) >= 11 is 2.00. The molecule has 2 aromatic carbocycles. The number of thioether (sulfide) groups is 1. The number of halogens is 1. The number of fused-ring (bicyclic) bond motifs is 1. The molecule has 24 heavy (non-hydrogen) atoms. The zero-order valence-corrected chi connectivity index (χ0v) is 15.0. The van der Waals surface area contributed by atoms with Gasteiger partial charge in [-0.05, 0) is 67.1 Å². The van der Waals surface area contributed by atoms with Crippen molar-refractivity contribution in [3.8, 4) is 0 Å². The van der Waals surface area contributed by atoms with Crippen molar-refractivity contribution in [1.29, 1.82) is 0 Å². The van der Waals surface area contributed by atoms with Gasteiger partial charge in [-0.3, -0.25) is 0 Å². The minimum atomic E-state index is -0.125. The smallest absolute Gasteiger partial charge is 0.123 e. The van der Waals surface area contributed by atoms with Crippen molar-refractivity contribution in [3.63, 3.8) is 0 Å². The number of hydrogen-bond acceptors (Lipinski definition) is 3. The minimum Gasteiger partial charge on any atom is -0.387 e. The highest BCUT2D eigenvalue weighted by atomic mass is 32.2. The third-order valence-electron chi connectivity index (χ3n) is 4.90. The Hall–Kier alpha value is -1.68. The maximum Gasteiger partial charge on any atom is 0.123 e. The lowest BCUT2D eigenvalue weighted by atomic mass is 9.99. The first kappa shape index (κ1) is 15.8. The van der Waals surface area contributed by atoms with Gasteiger partial charge in [0.25, 0.3) is 0 Å². The van der Waals surface area contributed by atoms with Crippen molar-refractivity contribution in [3.05, 3.63) is 52.8 Å². The van der Waals surface area contributed by atoms with Crippen LogP contribution in [0.4, 0.5) is 15.8 Å². The predicted octanol–water partition coefficient (Wildman–Crippen LogP) is 4.99. The zero-order chi connectivity index (χ0) is 16.7. The van der Waals surface area contributed by atoms with Crippen molar-refractivity contribution in [2.75, 3.05) is 23.8 Å². The Bertz CT molecular complexity index is 770. The Kier molecular flexibility index (Phi) is 4.17. The molecule has 0 spiro atoms. The molecular formula is C20H23FN2S. The summed E-state index contributed by atoms with van der Waals surface area (Å²) in [5.41, 5.74) is 6.24. The summed E-state index contributed by atoms with van der Waals surface area (Å²) < 4.78 is 13.4. The van der Waals surface area contributed by atoms with Crippen LogP contribution in [-0.2, 0) is 13.0 Å². The average molecular weight is 342 g/mol. The van der Waals surface area contributed by atoms with E-state index in [2.05, 4.69) is 29.3 Å². The average Bonchev–Trinajstić information content (AvgIpc) is 3.38. The predicted molar refractivity (Wildman–Crippen MR) is 101 cm³/mol. The molecule has 1 heterocycles. The fourth-order valence-corrected chi connectivity index (χ4v) is 4.74. The van der Waals surface area contributed by atoms with E-state index in [4.69, 9.17) is 0 Å². The number of benzene rings is 2. The first-order valence-electron chi connectivity index (χ1n) is 8.65. The summed E-state index contributed by atoms with van der Waals surface area (Å²) in [6.45, 7) is 3.99. The lowest BCUT2D eigenvalue weighted by Gasteiger charge is -2.32. The molecular weight excluding hydrogens is 319 g/mol. The monoisotopic (exact) mass is 342 g/mol. The zero-order valence-electron chi connectivity index (χ0n) is 14.2. The van der Waals surface area contributed by atoms with Crippen molar-refractivity contribution in [2.24, 2.45) is 0 Å². The standard InChI is InChI=1S/C20H23FN2S/c1-13-9-17(11-19(20(13)22-2)24-18-5-6-18)23-8-7-14-10-16(21)4-3-15(14)12-23/h3-4,9-11,18,22H,5-8,12H2,1-2H3. The van der Waals surface area contributed by atoms with E-state index in [0.717, 1.165) is 30.3 Å². The van der Waals surface area contributed by atoms with Crippen LogP contribution in [-0.4, -0.2) is 18.8 Å². The maximum absolute atomic E-state index is 13.4. The molecule has 4 rings (SSSR count). The molecule has 1 aliphatic heterocycles. The van der Waals surface area contributed by atoms with Gasteiger partial charge in [-0.2, -0.15) is 0 Å². The van der Waals surface area contributed by atoms with E-state index in [1.807, 2.05) is 24.9 Å². The highest BCUT2D eigenvalue weighted by molar-refractivity contribution is 8.00. The van der Waals surface area contributed by atoms with Gasteiger partial charge in [0.1, 0.15) is 5.82 Å². The lowest BCUT2D eigenvalue weighted by Crippen LogP contribution is -2.30. The van der Waals surface area contributed by atoms with Gasteiger partial charge in [-0.25, -0.2) is 4.39 Å². The lowest BCUT2D eigenvalue weighted by molar-refractivity contribution is 0.619. The van der Waals surface area contributed by atoms with Gasteiger partial charge in [0.05, 0.1) is 5.69 Å². The van der Waals surface area contributed by atoms with Crippen molar-refractivity contribution >= 4 is 23.1 Å². The molecule has 2 aromatic rings. The normalized spacial score (nSPS) is 16.9. The van der Waals surface area contributed by atoms with E-state index in [1.165, 1.54) is 40.2 Å². The summed E-state index contributed by atoms with van der Waals surface area (Å²) in [5.74, 6) is -0.125. The molecule has 2 nitrogen and oxygen atoms in total. The molecule has 0 bridgehead atoms. The molecule has 0 amide bonds. The number of rotatable bonds is 4. The molecule has 126 valence electrons. The van der Waals surface area contributed by atoms with E-state index in [0.29, 0.717) is 0 Å². The summed E-state index contributed by atoms with van der Waals surface area (Å²) in [6.07, 6.45) is 3.57. The molecule has 1 saturated carbocycles. The topological polar surface area (TPSA) is 15.3 Å². The third kappa shape index (κ3) is 3.12. The number of hydrogen-bond donors (Lipinski definition) is 1. The molecule has 0 radical (unpaired) electrons. The molecule has 1 N–H and O–H groups in total. The van der Waals surface area contributed by atoms with Gasteiger partial charge in [0.2, 0.25) is 0 Å². The van der Waals surface area contributed by atoms with Gasteiger partial charge >= 0.3 is 0 Å². The first-order valence-corrected chi connectivity index (χ1v) is 9.53. The number of aryl methyl sites for hydroxylation is 1. The summed E-state index contributed by atoms with van der Waals surface area (Å²) in [4.78, 5) is 3.78. The largest absolute Gasteiger partial charge is 0.387 e. The van der Waals surface area contributed by atoms with Crippen LogP contribution in [0, 0.1) is 12.7 Å². The van der Waals surface area contributed by atoms with E-state index < -0.39 is 0 Å². The van der Waals surface area contributed by atoms with Crippen LogP contribution in [0.5, 0.6) is 0 Å². The SMILES string of the molecule is CNc1c(C)cc(N2CCc3cc(F)ccc3C2)cc1SC1CC1. The van der Waals surface area contributed by atoms with Gasteiger partial charge in [0.15, 0.2) is 0 Å². The highest BCUT2D eigenvalue weighted by Crippen LogP contribution is 2.44. The molecule has 0 atom stereocenters. The van der Waals surface area contributed by atoms with Gasteiger partial charge in [-0.1, -0.05) is 6.07 Å². The molecule has 0 saturated heterocycles. The Labute approximate surface area is 147 Å². The fourth-order valence-electron chi connectivity index (χ4n) is 3.44. The third-order valence-corrected chi connectivity index (χ3v) is 6.28. The van der Waals surface area contributed by atoms with Gasteiger partial charge < -0.3 is 10.2 Å². The number of nitrogens with zero attached hydrogens (tertiary/aromatic N) is 1. The highest BCUT2D eigenvalue weighted by Gasteiger charge is 2.25. The Morgan fingerprint density at radius 1 is 1.17 bits per heavy atom. The van der Waals surface area contributed by atoms with Crippen molar-refractivity contribution in [1.82, 2.24) is 0 Å². The number of nitrogens with one attached hydrogen (secondary N) is 1. The van der Waals surface area contributed by atoms with Crippen molar-refractivity contribution < 1.29 is 4.39 Å². The Morgan fingerprint density at radius 2 is 2.00 bits per heavy atom. The second-order valence-corrected chi connectivity index (χ2v) is 8.13. The van der Waals surface area contributed by atoms with E-state index in [-0.39, 0.29) is 5.82 Å². The first-order chi connectivity index (χ1) is 11.6. The minimum absolute atomic E-state index is 0.125. The molecule has 0 unspecified atom stereocenters. The fraction of sp³-hybridized carbons (Fsp3) is 0.400. The quantitative estimate of drug-likeness (QED) is 0.842. The number of anilines is 2. The second kappa shape index (κ2) is 6.32. The maximum atomic E-state index is 13.4. The van der Waals surface area contributed by atoms with E-state index in [9.17, 15) is 4.39 Å².